The Morgan fingerprint density at radius 2 is 1.85 bits per heavy atom. The lowest BCUT2D eigenvalue weighted by Crippen LogP contribution is -2.48. The number of rotatable bonds is 0. The number of epoxide rings is 1. The summed E-state index contributed by atoms with van der Waals surface area (Å²) < 4.78 is 6.08. The van der Waals surface area contributed by atoms with E-state index >= 15 is 0 Å². The molecular formula is C12H20O. The van der Waals surface area contributed by atoms with Crippen molar-refractivity contribution in [2.75, 3.05) is 0 Å². The Hall–Kier alpha value is -0.0400. The second-order valence-electron chi connectivity index (χ2n) is 5.65. The Labute approximate surface area is 80.8 Å². The van der Waals surface area contributed by atoms with Crippen molar-refractivity contribution >= 4 is 0 Å². The van der Waals surface area contributed by atoms with Crippen molar-refractivity contribution in [1.82, 2.24) is 0 Å². The predicted octanol–water partition coefficient (Wildman–Crippen LogP) is 3.13. The van der Waals surface area contributed by atoms with Crippen LogP contribution in [0.2, 0.25) is 0 Å². The van der Waals surface area contributed by atoms with E-state index in [0.29, 0.717) is 17.1 Å². The lowest BCUT2D eigenvalue weighted by Gasteiger charge is -2.46. The summed E-state index contributed by atoms with van der Waals surface area (Å²) in [5, 5.41) is 0. The molecule has 3 aliphatic rings. The predicted molar refractivity (Wildman–Crippen MR) is 52.6 cm³/mol. The molecule has 0 radical (unpaired) electrons. The summed E-state index contributed by atoms with van der Waals surface area (Å²) in [5.41, 5.74) is 0.872. The molecular weight excluding hydrogens is 160 g/mol. The Morgan fingerprint density at radius 3 is 2.54 bits per heavy atom. The van der Waals surface area contributed by atoms with Crippen molar-refractivity contribution in [1.29, 1.82) is 0 Å². The maximum absolute atomic E-state index is 6.08. The molecule has 1 heteroatoms. The topological polar surface area (TPSA) is 12.5 Å². The van der Waals surface area contributed by atoms with E-state index in [2.05, 4.69) is 13.8 Å². The lowest BCUT2D eigenvalue weighted by molar-refractivity contribution is 0.0135. The lowest BCUT2D eigenvalue weighted by atomic mass is 9.56. The molecule has 0 unspecified atom stereocenters. The molecule has 0 aromatic rings. The van der Waals surface area contributed by atoms with Crippen molar-refractivity contribution in [2.24, 2.45) is 11.3 Å². The zero-order valence-corrected chi connectivity index (χ0v) is 8.81. The van der Waals surface area contributed by atoms with Crippen molar-refractivity contribution in [3.63, 3.8) is 0 Å². The number of ether oxygens (including phenoxy) is 1. The van der Waals surface area contributed by atoms with Crippen LogP contribution in [0.15, 0.2) is 0 Å². The van der Waals surface area contributed by atoms with Crippen LogP contribution in [-0.4, -0.2) is 11.7 Å². The van der Waals surface area contributed by atoms with E-state index in [-0.39, 0.29) is 0 Å². The van der Waals surface area contributed by atoms with E-state index in [9.17, 15) is 0 Å². The van der Waals surface area contributed by atoms with Crippen LogP contribution in [0, 0.1) is 11.3 Å². The summed E-state index contributed by atoms with van der Waals surface area (Å²) >= 11 is 0. The molecule has 1 saturated heterocycles. The van der Waals surface area contributed by atoms with Gasteiger partial charge in [0, 0.05) is 0 Å². The Bertz CT molecular complexity index is 233. The smallest absolute Gasteiger partial charge is 0.103 e. The minimum absolute atomic E-state index is 0.337. The molecule has 74 valence electrons. The second-order valence-corrected chi connectivity index (χ2v) is 5.65. The van der Waals surface area contributed by atoms with Crippen LogP contribution < -0.4 is 0 Å². The average Bonchev–Trinajstić information content (AvgIpc) is 2.79. The van der Waals surface area contributed by atoms with Gasteiger partial charge in [-0.05, 0) is 37.0 Å². The Balaban J connectivity index is 1.97. The van der Waals surface area contributed by atoms with Gasteiger partial charge in [-0.15, -0.1) is 0 Å². The highest BCUT2D eigenvalue weighted by molar-refractivity contribution is 5.19. The Kier molecular flexibility index (Phi) is 1.47. The third-order valence-electron chi connectivity index (χ3n) is 4.99. The van der Waals surface area contributed by atoms with Crippen LogP contribution in [-0.2, 0) is 4.74 Å². The monoisotopic (exact) mass is 180 g/mol. The first-order valence-corrected chi connectivity index (χ1v) is 5.87. The zero-order chi connectivity index (χ0) is 9.10. The van der Waals surface area contributed by atoms with Crippen LogP contribution in [0.4, 0.5) is 0 Å². The van der Waals surface area contributed by atoms with Crippen molar-refractivity contribution in [2.45, 2.75) is 64.1 Å². The van der Waals surface area contributed by atoms with Gasteiger partial charge in [0.25, 0.3) is 0 Å². The van der Waals surface area contributed by atoms with Gasteiger partial charge >= 0.3 is 0 Å². The molecule has 0 aromatic carbocycles. The fourth-order valence-electron chi connectivity index (χ4n) is 4.24. The van der Waals surface area contributed by atoms with Gasteiger partial charge < -0.3 is 4.74 Å². The number of hydrogen-bond donors (Lipinski definition) is 0. The molecule has 0 N–H and O–H groups in total. The maximum atomic E-state index is 6.08. The standard InChI is InChI=1S/C12H20O/c1-9-5-3-7-11(2)8-4-6-10-12(9,11)13-10/h9-10H,3-8H2,1-2H3/t9-,10-,11-,12-/m0/s1. The SMILES string of the molecule is C[C@H]1CCC[C@@]2(C)CCC[C@@H]3O[C@]312. The third kappa shape index (κ3) is 0.823. The molecule has 2 aliphatic carbocycles. The Morgan fingerprint density at radius 1 is 1.15 bits per heavy atom. The minimum atomic E-state index is 0.337. The van der Waals surface area contributed by atoms with Crippen LogP contribution in [0.1, 0.15) is 52.4 Å². The quantitative estimate of drug-likeness (QED) is 0.522. The summed E-state index contributed by atoms with van der Waals surface area (Å²) in [7, 11) is 0. The van der Waals surface area contributed by atoms with Crippen LogP contribution in [0.5, 0.6) is 0 Å². The second kappa shape index (κ2) is 2.31. The van der Waals surface area contributed by atoms with E-state index in [1.165, 1.54) is 38.5 Å². The van der Waals surface area contributed by atoms with Crippen molar-refractivity contribution < 1.29 is 4.74 Å². The number of hydrogen-bond acceptors (Lipinski definition) is 1. The molecule has 3 rings (SSSR count). The fraction of sp³-hybridized carbons (Fsp3) is 1.00. The maximum Gasteiger partial charge on any atom is 0.103 e. The van der Waals surface area contributed by atoms with Crippen molar-refractivity contribution in [3.05, 3.63) is 0 Å². The van der Waals surface area contributed by atoms with Crippen LogP contribution in [0.25, 0.3) is 0 Å². The van der Waals surface area contributed by atoms with Gasteiger partial charge in [-0.2, -0.15) is 0 Å². The van der Waals surface area contributed by atoms with Crippen molar-refractivity contribution in [3.8, 4) is 0 Å². The highest BCUT2D eigenvalue weighted by Crippen LogP contribution is 2.66. The van der Waals surface area contributed by atoms with Gasteiger partial charge in [0.05, 0.1) is 6.10 Å². The minimum Gasteiger partial charge on any atom is -0.365 e. The summed E-state index contributed by atoms with van der Waals surface area (Å²) in [6.45, 7) is 4.88. The highest BCUT2D eigenvalue weighted by Gasteiger charge is 2.70. The first-order valence-electron chi connectivity index (χ1n) is 5.87. The highest BCUT2D eigenvalue weighted by atomic mass is 16.6. The first-order chi connectivity index (χ1) is 6.19. The van der Waals surface area contributed by atoms with Gasteiger partial charge in [-0.1, -0.05) is 26.7 Å². The molecule has 2 saturated carbocycles. The summed E-state index contributed by atoms with van der Waals surface area (Å²) in [6, 6.07) is 0. The van der Waals surface area contributed by atoms with Gasteiger partial charge in [0.1, 0.15) is 5.60 Å². The van der Waals surface area contributed by atoms with E-state index in [1.54, 1.807) is 0 Å². The average molecular weight is 180 g/mol. The molecule has 0 bridgehead atoms. The molecule has 1 heterocycles. The molecule has 4 atom stereocenters. The summed E-state index contributed by atoms with van der Waals surface area (Å²) in [5.74, 6) is 0.816. The van der Waals surface area contributed by atoms with E-state index < -0.39 is 0 Å². The molecule has 1 nitrogen and oxygen atoms in total. The molecule has 13 heavy (non-hydrogen) atoms. The summed E-state index contributed by atoms with van der Waals surface area (Å²) in [6.07, 6.45) is 9.01. The summed E-state index contributed by atoms with van der Waals surface area (Å²) in [4.78, 5) is 0. The fourth-order valence-corrected chi connectivity index (χ4v) is 4.24. The molecule has 1 spiro atoms. The largest absolute Gasteiger partial charge is 0.365 e. The van der Waals surface area contributed by atoms with Gasteiger partial charge in [0.2, 0.25) is 0 Å². The zero-order valence-electron chi connectivity index (χ0n) is 8.81. The van der Waals surface area contributed by atoms with Gasteiger partial charge in [-0.25, -0.2) is 0 Å². The normalized spacial score (nSPS) is 59.5. The molecule has 0 amide bonds. The van der Waals surface area contributed by atoms with Crippen LogP contribution >= 0.6 is 0 Å². The van der Waals surface area contributed by atoms with E-state index in [4.69, 9.17) is 4.74 Å². The van der Waals surface area contributed by atoms with E-state index in [0.717, 1.165) is 5.92 Å². The molecule has 3 fully saturated rings. The molecule has 0 aromatic heterocycles. The van der Waals surface area contributed by atoms with Gasteiger partial charge in [-0.3, -0.25) is 0 Å². The van der Waals surface area contributed by atoms with Crippen LogP contribution in [0.3, 0.4) is 0 Å². The molecule has 1 aliphatic heterocycles. The first kappa shape index (κ1) is 8.28. The van der Waals surface area contributed by atoms with E-state index in [1.807, 2.05) is 0 Å². The third-order valence-corrected chi connectivity index (χ3v) is 4.99. The van der Waals surface area contributed by atoms with Gasteiger partial charge in [0.15, 0.2) is 0 Å².